The summed E-state index contributed by atoms with van der Waals surface area (Å²) >= 11 is 4.25. The van der Waals surface area contributed by atoms with Crippen LogP contribution in [0.3, 0.4) is 0 Å². The van der Waals surface area contributed by atoms with Gasteiger partial charge >= 0.3 is 20.6 Å². The largest absolute Gasteiger partial charge is 0.462 e. The van der Waals surface area contributed by atoms with Gasteiger partial charge < -0.3 is 9.47 Å². The second-order valence-corrected chi connectivity index (χ2v) is 11.7. The van der Waals surface area contributed by atoms with E-state index in [1.54, 1.807) is 0 Å². The van der Waals surface area contributed by atoms with E-state index in [4.69, 9.17) is 14.0 Å². The first kappa shape index (κ1) is 38.4. The quantitative estimate of drug-likeness (QED) is 0.0375. The zero-order chi connectivity index (χ0) is 28.7. The third-order valence-electron chi connectivity index (χ3n) is 7.06. The molecule has 0 aliphatic heterocycles. The Bertz CT molecular complexity index is 563. The van der Waals surface area contributed by atoms with Gasteiger partial charge in [0, 0.05) is 12.8 Å². The average molecular weight is 591 g/mol. The molecule has 0 heterocycles. The van der Waals surface area contributed by atoms with Crippen molar-refractivity contribution >= 4 is 33.3 Å². The molecule has 0 fully saturated rings. The Labute approximate surface area is 247 Å². The lowest BCUT2D eigenvalue weighted by molar-refractivity contribution is -0.160. The van der Waals surface area contributed by atoms with Gasteiger partial charge in [-0.2, -0.15) is 12.6 Å². The minimum Gasteiger partial charge on any atom is -0.462 e. The molecule has 0 bridgehead atoms. The molecule has 1 atom stereocenters. The fraction of sp³-hybridized carbons (Fsp3) is 0.935. The van der Waals surface area contributed by atoms with Crippen LogP contribution in [0.5, 0.6) is 0 Å². The molecule has 8 heteroatoms. The molecule has 0 amide bonds. The Balaban J connectivity index is 3.76. The van der Waals surface area contributed by atoms with Crippen LogP contribution in [0, 0.1) is 0 Å². The van der Waals surface area contributed by atoms with Gasteiger partial charge in [-0.05, 0) is 25.0 Å². The molecule has 0 aromatic rings. The zero-order valence-electron chi connectivity index (χ0n) is 25.0. The molecule has 0 saturated heterocycles. The van der Waals surface area contributed by atoms with Crippen LogP contribution in [0.2, 0.25) is 0 Å². The number of carbonyl (C=O) groups is 2. The lowest BCUT2D eigenvalue weighted by Crippen LogP contribution is -2.28. The molecule has 0 aromatic heterocycles. The highest BCUT2D eigenvalue weighted by atomic mass is 32.1. The first-order chi connectivity index (χ1) is 19.1. The third-order valence-corrected chi connectivity index (χ3v) is 7.64. The maximum Gasteiger partial charge on any atom is 0.327 e. The van der Waals surface area contributed by atoms with Crippen molar-refractivity contribution in [3.05, 3.63) is 0 Å². The smallest absolute Gasteiger partial charge is 0.327 e. The van der Waals surface area contributed by atoms with Crippen LogP contribution in [0.15, 0.2) is 0 Å². The number of carbonyl (C=O) groups excluding carboxylic acids is 2. The van der Waals surface area contributed by atoms with Crippen LogP contribution >= 0.6 is 21.3 Å². The van der Waals surface area contributed by atoms with Gasteiger partial charge in [0.05, 0.1) is 0 Å². The summed E-state index contributed by atoms with van der Waals surface area (Å²) in [4.78, 5) is 24.3. The Morgan fingerprint density at radius 2 is 1.00 bits per heavy atom. The first-order valence-electron chi connectivity index (χ1n) is 16.0. The van der Waals surface area contributed by atoms with Gasteiger partial charge in [-0.1, -0.05) is 129 Å². The summed E-state index contributed by atoms with van der Waals surface area (Å²) < 4.78 is 26.3. The van der Waals surface area contributed by atoms with Gasteiger partial charge in [0.25, 0.3) is 0 Å². The molecule has 39 heavy (non-hydrogen) atoms. The molecular weight excluding hydrogens is 531 g/mol. The zero-order valence-corrected chi connectivity index (χ0v) is 26.8. The Kier molecular flexibility index (Phi) is 31.3. The molecule has 230 valence electrons. The maximum absolute atomic E-state index is 12.2. The number of ether oxygens (including phenoxy) is 2. The van der Waals surface area contributed by atoms with E-state index in [0.717, 1.165) is 44.3 Å². The Hall–Kier alpha value is -0.650. The van der Waals surface area contributed by atoms with Crippen molar-refractivity contribution in [1.29, 1.82) is 0 Å². The molecule has 0 aromatic carbocycles. The van der Waals surface area contributed by atoms with Crippen molar-refractivity contribution in [3.63, 3.8) is 0 Å². The predicted molar refractivity (Wildman–Crippen MR) is 165 cm³/mol. The lowest BCUT2D eigenvalue weighted by atomic mass is 10.0. The normalized spacial score (nSPS) is 12.1. The van der Waals surface area contributed by atoms with Gasteiger partial charge in [-0.25, -0.2) is 4.57 Å². The number of hydrogen-bond acceptors (Lipinski definition) is 7. The SMILES string of the molecule is CCCCCCCCCCCCC(=O)O[C@@H](COP=O)COC(=O)CCCCCCCCCCCCCCS. The minimum atomic E-state index is -0.728. The second kappa shape index (κ2) is 31.9. The van der Waals surface area contributed by atoms with E-state index in [9.17, 15) is 14.2 Å². The van der Waals surface area contributed by atoms with Gasteiger partial charge in [0.15, 0.2) is 6.10 Å². The number of hydrogen-bond donors (Lipinski definition) is 1. The van der Waals surface area contributed by atoms with Crippen molar-refractivity contribution in [2.24, 2.45) is 0 Å². The van der Waals surface area contributed by atoms with Crippen molar-refractivity contribution in [3.8, 4) is 0 Å². The number of unbranched alkanes of at least 4 members (excludes halogenated alkanes) is 20. The Morgan fingerprint density at radius 3 is 1.44 bits per heavy atom. The van der Waals surface area contributed by atoms with E-state index >= 15 is 0 Å². The van der Waals surface area contributed by atoms with E-state index in [1.165, 1.54) is 103 Å². The van der Waals surface area contributed by atoms with E-state index in [0.29, 0.717) is 12.8 Å². The van der Waals surface area contributed by atoms with Gasteiger partial charge in [0.1, 0.15) is 13.2 Å². The molecule has 0 rings (SSSR count). The number of rotatable bonds is 31. The molecule has 0 radical (unpaired) electrons. The summed E-state index contributed by atoms with van der Waals surface area (Å²) in [6, 6.07) is 0. The van der Waals surface area contributed by atoms with Gasteiger partial charge in [-0.15, -0.1) is 0 Å². The molecule has 0 N–H and O–H groups in total. The van der Waals surface area contributed by atoms with E-state index in [-0.39, 0.29) is 25.2 Å². The van der Waals surface area contributed by atoms with Crippen molar-refractivity contribution in [2.75, 3.05) is 19.0 Å². The molecule has 0 aliphatic rings. The van der Waals surface area contributed by atoms with Crippen molar-refractivity contribution < 1.29 is 28.2 Å². The summed E-state index contributed by atoms with van der Waals surface area (Å²) in [7, 11) is -0.483. The van der Waals surface area contributed by atoms with Crippen LogP contribution in [0.1, 0.15) is 161 Å². The first-order valence-corrected chi connectivity index (χ1v) is 17.4. The molecule has 0 unspecified atom stereocenters. The monoisotopic (exact) mass is 590 g/mol. The topological polar surface area (TPSA) is 78.9 Å². The van der Waals surface area contributed by atoms with Crippen LogP contribution in [-0.4, -0.2) is 37.0 Å². The predicted octanol–water partition coefficient (Wildman–Crippen LogP) is 9.98. The van der Waals surface area contributed by atoms with E-state index in [2.05, 4.69) is 19.6 Å². The summed E-state index contributed by atoms with van der Waals surface area (Å²) in [6.07, 6.45) is 26.7. The van der Waals surface area contributed by atoms with Crippen LogP contribution < -0.4 is 0 Å². The van der Waals surface area contributed by atoms with Crippen LogP contribution in [0.4, 0.5) is 0 Å². The van der Waals surface area contributed by atoms with E-state index in [1.807, 2.05) is 0 Å². The summed E-state index contributed by atoms with van der Waals surface area (Å²) in [5.74, 6) is 0.392. The summed E-state index contributed by atoms with van der Waals surface area (Å²) in [6.45, 7) is 2.11. The average Bonchev–Trinajstić information content (AvgIpc) is 2.93. The van der Waals surface area contributed by atoms with Gasteiger partial charge in [0.2, 0.25) is 0 Å². The lowest BCUT2D eigenvalue weighted by Gasteiger charge is -2.16. The number of thiol groups is 1. The fourth-order valence-electron chi connectivity index (χ4n) is 4.64. The number of esters is 2. The second-order valence-electron chi connectivity index (χ2n) is 10.8. The molecule has 0 spiro atoms. The molecule has 0 aliphatic carbocycles. The van der Waals surface area contributed by atoms with E-state index < -0.39 is 14.8 Å². The molecular formula is C31H59O6PS. The summed E-state index contributed by atoms with van der Waals surface area (Å²) in [5, 5.41) is 0. The summed E-state index contributed by atoms with van der Waals surface area (Å²) in [5.41, 5.74) is 0. The Morgan fingerprint density at radius 1 is 0.590 bits per heavy atom. The molecule has 6 nitrogen and oxygen atoms in total. The highest BCUT2D eigenvalue weighted by Gasteiger charge is 2.17. The minimum absolute atomic E-state index is 0.0578. The van der Waals surface area contributed by atoms with Crippen LogP contribution in [0.25, 0.3) is 0 Å². The third kappa shape index (κ3) is 30.1. The highest BCUT2D eigenvalue weighted by Crippen LogP contribution is 2.14. The highest BCUT2D eigenvalue weighted by molar-refractivity contribution is 7.80. The van der Waals surface area contributed by atoms with Gasteiger partial charge in [-0.3, -0.25) is 14.1 Å². The van der Waals surface area contributed by atoms with Crippen molar-refractivity contribution in [2.45, 2.75) is 167 Å². The van der Waals surface area contributed by atoms with Crippen molar-refractivity contribution in [1.82, 2.24) is 0 Å². The van der Waals surface area contributed by atoms with Crippen LogP contribution in [-0.2, 0) is 28.2 Å². The standard InChI is InChI=1S/C31H59O6PS/c1-2-3-4-5-6-7-12-16-19-22-25-31(33)37-29(28-36-38-34)27-35-30(32)24-21-18-15-13-10-8-9-11-14-17-20-23-26-39/h29,39H,2-28H2,1H3/t29-/m1/s1. The maximum atomic E-state index is 12.2. The molecule has 0 saturated carbocycles. The fourth-order valence-corrected chi connectivity index (χ4v) is 5.09.